The van der Waals surface area contributed by atoms with E-state index in [-0.39, 0.29) is 16.6 Å². The number of carboxylic acid groups (broad SMARTS) is 1. The molecule has 1 aromatic rings. The third kappa shape index (κ3) is 2.71. The maximum absolute atomic E-state index is 12.5. The molecule has 0 spiro atoms. The summed E-state index contributed by atoms with van der Waals surface area (Å²) >= 11 is 0. The van der Waals surface area contributed by atoms with Crippen LogP contribution in [0.25, 0.3) is 0 Å². The molecule has 0 amide bonds. The second-order valence-corrected chi connectivity index (χ2v) is 7.29. The van der Waals surface area contributed by atoms with Gasteiger partial charge in [-0.15, -0.1) is 0 Å². The van der Waals surface area contributed by atoms with Gasteiger partial charge in [0.15, 0.2) is 5.03 Å². The Labute approximate surface area is 118 Å². The molecule has 8 heteroatoms. The topological polar surface area (TPSA) is 103 Å². The Hall–Kier alpha value is -1.41. The van der Waals surface area contributed by atoms with E-state index < -0.39 is 16.0 Å². The van der Waals surface area contributed by atoms with Crippen molar-refractivity contribution < 1.29 is 18.3 Å². The minimum atomic E-state index is -3.85. The number of sulfonamides is 1. The van der Waals surface area contributed by atoms with Crippen LogP contribution in [0.15, 0.2) is 11.2 Å². The predicted molar refractivity (Wildman–Crippen MR) is 71.9 cm³/mol. The standard InChI is InChI=1S/C12H19N3O4S/c1-8-3-5-9(6-4-8)15(2)20(18,19)11-10(12(16)17)7-13-14-11/h7-9H,3-6H2,1-2H3,(H,13,14)(H,16,17). The summed E-state index contributed by atoms with van der Waals surface area (Å²) < 4.78 is 26.3. The van der Waals surface area contributed by atoms with Gasteiger partial charge in [-0.2, -0.15) is 9.40 Å². The second kappa shape index (κ2) is 5.53. The Kier molecular flexibility index (Phi) is 4.14. The number of hydrogen-bond acceptors (Lipinski definition) is 4. The summed E-state index contributed by atoms with van der Waals surface area (Å²) in [6.45, 7) is 2.15. The van der Waals surface area contributed by atoms with E-state index >= 15 is 0 Å². The van der Waals surface area contributed by atoms with Gasteiger partial charge in [-0.05, 0) is 31.6 Å². The minimum Gasteiger partial charge on any atom is -0.478 e. The maximum atomic E-state index is 12.5. The van der Waals surface area contributed by atoms with Crippen molar-refractivity contribution in [1.82, 2.24) is 14.5 Å². The van der Waals surface area contributed by atoms with Crippen LogP contribution in [0.3, 0.4) is 0 Å². The third-order valence-corrected chi connectivity index (χ3v) is 5.85. The number of rotatable bonds is 4. The third-order valence-electron chi connectivity index (χ3n) is 3.97. The fraction of sp³-hybridized carbons (Fsp3) is 0.667. The van der Waals surface area contributed by atoms with E-state index in [0.29, 0.717) is 5.92 Å². The Morgan fingerprint density at radius 2 is 2.00 bits per heavy atom. The zero-order valence-electron chi connectivity index (χ0n) is 11.5. The van der Waals surface area contributed by atoms with Crippen molar-refractivity contribution in [1.29, 1.82) is 0 Å². The van der Waals surface area contributed by atoms with Gasteiger partial charge in [-0.3, -0.25) is 5.10 Å². The van der Waals surface area contributed by atoms with Gasteiger partial charge in [0.25, 0.3) is 10.0 Å². The molecule has 1 aliphatic carbocycles. The molecule has 1 aliphatic rings. The van der Waals surface area contributed by atoms with Crippen LogP contribution in [0.2, 0.25) is 0 Å². The molecule has 0 bridgehead atoms. The van der Waals surface area contributed by atoms with Crippen LogP contribution in [0.1, 0.15) is 43.0 Å². The van der Waals surface area contributed by atoms with Gasteiger partial charge >= 0.3 is 5.97 Å². The van der Waals surface area contributed by atoms with Crippen molar-refractivity contribution >= 4 is 16.0 Å². The Morgan fingerprint density at radius 3 is 2.55 bits per heavy atom. The number of carbonyl (C=O) groups is 1. The fourth-order valence-electron chi connectivity index (χ4n) is 2.57. The highest BCUT2D eigenvalue weighted by Gasteiger charge is 2.34. The van der Waals surface area contributed by atoms with Crippen molar-refractivity contribution in [2.24, 2.45) is 5.92 Å². The lowest BCUT2D eigenvalue weighted by atomic mass is 9.87. The van der Waals surface area contributed by atoms with Crippen LogP contribution >= 0.6 is 0 Å². The van der Waals surface area contributed by atoms with Crippen LogP contribution in [0, 0.1) is 5.92 Å². The Bertz CT molecular complexity index is 588. The second-order valence-electron chi connectivity index (χ2n) is 5.35. The number of carboxylic acids is 1. The molecule has 0 unspecified atom stereocenters. The summed E-state index contributed by atoms with van der Waals surface area (Å²) in [4.78, 5) is 11.0. The average molecular weight is 301 g/mol. The highest BCUT2D eigenvalue weighted by molar-refractivity contribution is 7.89. The molecule has 0 aliphatic heterocycles. The van der Waals surface area contributed by atoms with Crippen molar-refractivity contribution in [2.45, 2.75) is 43.7 Å². The Balaban J connectivity index is 2.25. The maximum Gasteiger partial charge on any atom is 0.340 e. The van der Waals surface area contributed by atoms with E-state index in [1.54, 1.807) is 0 Å². The molecule has 2 N–H and O–H groups in total. The number of aromatic nitrogens is 2. The van der Waals surface area contributed by atoms with Crippen LogP contribution in [-0.2, 0) is 10.0 Å². The molecule has 2 rings (SSSR count). The summed E-state index contributed by atoms with van der Waals surface area (Å²) in [6.07, 6.45) is 4.59. The summed E-state index contributed by atoms with van der Waals surface area (Å²) in [6, 6.07) is -0.0823. The van der Waals surface area contributed by atoms with Gasteiger partial charge in [-0.1, -0.05) is 6.92 Å². The molecule has 0 atom stereocenters. The first-order valence-electron chi connectivity index (χ1n) is 6.58. The van der Waals surface area contributed by atoms with E-state index in [4.69, 9.17) is 5.11 Å². The van der Waals surface area contributed by atoms with Crippen molar-refractivity contribution in [3.8, 4) is 0 Å². The molecule has 1 aromatic heterocycles. The lowest BCUT2D eigenvalue weighted by molar-refractivity contribution is 0.0692. The van der Waals surface area contributed by atoms with E-state index in [2.05, 4.69) is 17.1 Å². The van der Waals surface area contributed by atoms with E-state index in [1.807, 2.05) is 0 Å². The molecular weight excluding hydrogens is 282 g/mol. The lowest BCUT2D eigenvalue weighted by Crippen LogP contribution is -2.39. The summed E-state index contributed by atoms with van der Waals surface area (Å²) in [5, 5.41) is 14.5. The minimum absolute atomic E-state index is 0.0823. The predicted octanol–water partition coefficient (Wildman–Crippen LogP) is 1.31. The van der Waals surface area contributed by atoms with Gasteiger partial charge < -0.3 is 5.11 Å². The molecule has 0 radical (unpaired) electrons. The first-order valence-corrected chi connectivity index (χ1v) is 8.02. The zero-order chi connectivity index (χ0) is 14.9. The molecule has 112 valence electrons. The molecule has 0 aromatic carbocycles. The van der Waals surface area contributed by atoms with E-state index in [0.717, 1.165) is 31.9 Å². The average Bonchev–Trinajstić information content (AvgIpc) is 2.89. The van der Waals surface area contributed by atoms with Gasteiger partial charge in [-0.25, -0.2) is 13.2 Å². The van der Waals surface area contributed by atoms with Crippen molar-refractivity contribution in [2.75, 3.05) is 7.05 Å². The number of nitrogens with one attached hydrogen (secondary N) is 1. The Morgan fingerprint density at radius 1 is 1.40 bits per heavy atom. The van der Waals surface area contributed by atoms with Crippen molar-refractivity contribution in [3.63, 3.8) is 0 Å². The number of nitrogens with zero attached hydrogens (tertiary/aromatic N) is 2. The molecule has 1 fully saturated rings. The summed E-state index contributed by atoms with van der Waals surface area (Å²) in [5.74, 6) is -0.688. The number of aromatic amines is 1. The molecular formula is C12H19N3O4S. The molecule has 0 saturated heterocycles. The van der Waals surface area contributed by atoms with Crippen LogP contribution < -0.4 is 0 Å². The van der Waals surface area contributed by atoms with Crippen LogP contribution in [-0.4, -0.2) is 47.1 Å². The number of hydrogen-bond donors (Lipinski definition) is 2. The quantitative estimate of drug-likeness (QED) is 0.872. The molecule has 1 heterocycles. The highest BCUT2D eigenvalue weighted by atomic mass is 32.2. The monoisotopic (exact) mass is 301 g/mol. The molecule has 1 saturated carbocycles. The SMILES string of the molecule is CC1CCC(N(C)S(=O)(=O)c2[nH]ncc2C(=O)O)CC1. The van der Waals surface area contributed by atoms with Gasteiger partial charge in [0.2, 0.25) is 0 Å². The highest BCUT2D eigenvalue weighted by Crippen LogP contribution is 2.29. The first-order chi connectivity index (χ1) is 9.34. The molecule has 20 heavy (non-hydrogen) atoms. The lowest BCUT2D eigenvalue weighted by Gasteiger charge is -2.32. The van der Waals surface area contributed by atoms with Crippen LogP contribution in [0.5, 0.6) is 0 Å². The zero-order valence-corrected chi connectivity index (χ0v) is 12.4. The van der Waals surface area contributed by atoms with E-state index in [9.17, 15) is 13.2 Å². The first kappa shape index (κ1) is 15.0. The number of H-pyrrole nitrogens is 1. The normalized spacial score (nSPS) is 23.9. The fourth-order valence-corrected chi connectivity index (χ4v) is 4.05. The molecule has 7 nitrogen and oxygen atoms in total. The van der Waals surface area contributed by atoms with Gasteiger partial charge in [0.1, 0.15) is 5.56 Å². The van der Waals surface area contributed by atoms with Crippen LogP contribution in [0.4, 0.5) is 0 Å². The smallest absolute Gasteiger partial charge is 0.340 e. The van der Waals surface area contributed by atoms with Gasteiger partial charge in [0, 0.05) is 13.1 Å². The largest absolute Gasteiger partial charge is 0.478 e. The summed E-state index contributed by atoms with van der Waals surface area (Å²) in [7, 11) is -2.35. The van der Waals surface area contributed by atoms with Gasteiger partial charge in [0.05, 0.1) is 6.20 Å². The number of aromatic carboxylic acids is 1. The van der Waals surface area contributed by atoms with Crippen molar-refractivity contribution in [3.05, 3.63) is 11.8 Å². The van der Waals surface area contributed by atoms with E-state index in [1.165, 1.54) is 11.4 Å². The summed E-state index contributed by atoms with van der Waals surface area (Å²) in [5.41, 5.74) is -0.318.